The lowest BCUT2D eigenvalue weighted by molar-refractivity contribution is -0.151. The van der Waals surface area contributed by atoms with Gasteiger partial charge in [0.2, 0.25) is 6.10 Å². The molecule has 2 aromatic rings. The van der Waals surface area contributed by atoms with Crippen LogP contribution in [0.2, 0.25) is 0 Å². The molecule has 0 saturated carbocycles. The molecule has 1 unspecified atom stereocenters. The molecule has 12 nitrogen and oxygen atoms in total. The van der Waals surface area contributed by atoms with Crippen molar-refractivity contribution in [1.82, 2.24) is 19.5 Å². The highest BCUT2D eigenvalue weighted by molar-refractivity contribution is 7.33. The number of nitrogens with zero attached hydrogens (tertiary/aromatic N) is 4. The number of ether oxygens (including phenoxy) is 2. The first kappa shape index (κ1) is 32.2. The second-order valence-corrected chi connectivity index (χ2v) is 11.3. The molecule has 1 saturated heterocycles. The van der Waals surface area contributed by atoms with Gasteiger partial charge in [-0.15, -0.1) is 9.05 Å². The van der Waals surface area contributed by atoms with Crippen LogP contribution in [0.5, 0.6) is 0 Å². The number of unbranched alkanes of at least 4 members (excludes halogenated alkanes) is 9. The molecule has 0 amide bonds. The topological polar surface area (TPSA) is 161 Å². The van der Waals surface area contributed by atoms with Gasteiger partial charge in [-0.2, -0.15) is 14.4 Å². The van der Waals surface area contributed by atoms with Gasteiger partial charge in [0.15, 0.2) is 17.0 Å². The Hall–Kier alpha value is -2.31. The van der Waals surface area contributed by atoms with E-state index < -0.39 is 44.3 Å². The largest absolute Gasteiger partial charge is 0.698 e. The Labute approximate surface area is 235 Å². The van der Waals surface area contributed by atoms with Gasteiger partial charge in [0.1, 0.15) is 18.4 Å². The lowest BCUT2D eigenvalue weighted by Crippen LogP contribution is -2.40. The molecule has 0 aromatic carbocycles. The lowest BCUT2D eigenvalue weighted by atomic mass is 10.0. The molecule has 2 aromatic heterocycles. The number of esters is 1. The number of rotatable bonds is 18. The molecule has 40 heavy (non-hydrogen) atoms. The number of anilines is 1. The maximum atomic E-state index is 13.7. The molecule has 0 radical (unpaired) electrons. The molecule has 0 bridgehead atoms. The highest BCUT2D eigenvalue weighted by Crippen LogP contribution is 2.40. The predicted molar refractivity (Wildman–Crippen MR) is 146 cm³/mol. The smallest absolute Gasteiger partial charge is 0.464 e. The molecule has 1 aliphatic rings. The Kier molecular flexibility index (Phi) is 12.6. The highest BCUT2D eigenvalue weighted by Gasteiger charge is 2.48. The van der Waals surface area contributed by atoms with Crippen molar-refractivity contribution in [2.75, 3.05) is 18.9 Å². The fourth-order valence-electron chi connectivity index (χ4n) is 4.56. The maximum Gasteiger partial charge on any atom is 0.698 e. The zero-order valence-electron chi connectivity index (χ0n) is 23.6. The quantitative estimate of drug-likeness (QED) is 0.103. The molecule has 0 aliphatic carbocycles. The van der Waals surface area contributed by atoms with Crippen LogP contribution in [-0.4, -0.2) is 61.6 Å². The number of carbonyl (C=O) groups is 1. The van der Waals surface area contributed by atoms with Crippen LogP contribution in [0.25, 0.3) is 11.2 Å². The molecule has 224 valence electrons. The molecule has 3 heterocycles. The number of halogens is 1. The summed E-state index contributed by atoms with van der Waals surface area (Å²) >= 11 is 0. The summed E-state index contributed by atoms with van der Waals surface area (Å²) in [6, 6.07) is 0. The average molecular weight is 587 g/mol. The number of hydrogen-bond acceptors (Lipinski definition) is 11. The molecule has 3 N–H and O–H groups in total. The van der Waals surface area contributed by atoms with Crippen LogP contribution < -0.4 is 5.73 Å². The third-order valence-corrected chi connectivity index (χ3v) is 7.87. The summed E-state index contributed by atoms with van der Waals surface area (Å²) in [5.41, 5.74) is 4.76. The Bertz CT molecular complexity index is 1120. The number of nitrogen functional groups attached to an aromatic ring is 1. The van der Waals surface area contributed by atoms with E-state index in [1.54, 1.807) is 6.92 Å². The first-order valence-corrected chi connectivity index (χ1v) is 15.2. The minimum Gasteiger partial charge on any atom is -0.464 e. The van der Waals surface area contributed by atoms with E-state index in [0.29, 0.717) is 0 Å². The Morgan fingerprint density at radius 2 is 1.88 bits per heavy atom. The summed E-state index contributed by atoms with van der Waals surface area (Å²) in [5.74, 6) is -0.733. The summed E-state index contributed by atoms with van der Waals surface area (Å²) in [6.45, 7) is 5.22. The molecule has 14 heteroatoms. The Balaban J connectivity index is 1.34. The van der Waals surface area contributed by atoms with Gasteiger partial charge in [-0.05, 0) is 20.3 Å². The van der Waals surface area contributed by atoms with Crippen molar-refractivity contribution in [2.24, 2.45) is 0 Å². The zero-order valence-corrected chi connectivity index (χ0v) is 24.5. The van der Waals surface area contributed by atoms with E-state index in [-0.39, 0.29) is 36.6 Å². The van der Waals surface area contributed by atoms with Crippen LogP contribution in [0.4, 0.5) is 10.2 Å². The van der Waals surface area contributed by atoms with Crippen LogP contribution in [-0.2, 0) is 27.9 Å². The monoisotopic (exact) mass is 586 g/mol. The van der Waals surface area contributed by atoms with Gasteiger partial charge in [-0.3, -0.25) is 4.57 Å². The van der Waals surface area contributed by atoms with E-state index in [4.69, 9.17) is 24.3 Å². The van der Waals surface area contributed by atoms with E-state index in [0.717, 1.165) is 19.3 Å². The van der Waals surface area contributed by atoms with Crippen LogP contribution in [0, 0.1) is 6.08 Å². The molecule has 1 aliphatic heterocycles. The molecule has 0 spiro atoms. The summed E-state index contributed by atoms with van der Waals surface area (Å²) in [4.78, 5) is 23.5. The van der Waals surface area contributed by atoms with Gasteiger partial charge in [0.05, 0.1) is 19.0 Å². The second kappa shape index (κ2) is 15.6. The number of carbonyl (C=O) groups excluding carboxylic acids is 1. The summed E-state index contributed by atoms with van der Waals surface area (Å²) in [5, 5.41) is 10.6. The van der Waals surface area contributed by atoms with Gasteiger partial charge < -0.3 is 20.3 Å². The summed E-state index contributed by atoms with van der Waals surface area (Å²) in [6.07, 6.45) is 9.37. The number of nitrogens with two attached hydrogens (primary N) is 1. The van der Waals surface area contributed by atoms with E-state index in [1.165, 1.54) is 62.8 Å². The van der Waals surface area contributed by atoms with E-state index in [9.17, 15) is 18.9 Å². The van der Waals surface area contributed by atoms with Crippen molar-refractivity contribution in [3.05, 3.63) is 12.4 Å². The first-order chi connectivity index (χ1) is 19.1. The third-order valence-electron chi connectivity index (χ3n) is 7.04. The van der Waals surface area contributed by atoms with Gasteiger partial charge in [0.25, 0.3) is 0 Å². The molecular formula is C26H42FN5O7P+. The third kappa shape index (κ3) is 9.10. The summed E-state index contributed by atoms with van der Waals surface area (Å²) in [7, 11) is -2.70. The molecule has 3 rings (SSSR count). The van der Waals surface area contributed by atoms with Crippen LogP contribution in [0.1, 0.15) is 97.6 Å². The predicted octanol–water partition coefficient (Wildman–Crippen LogP) is 5.13. The number of fused-ring (bicyclic) bond motifs is 1. The standard InChI is InChI=1S/C26H42FN5O7P/c1-4-5-6-7-8-9-10-11-12-13-14-36-24(34)18(2)39-40(35)37-16-26(3)19(33)15-20(38-26)32-17-29-21-22(28)30-25(27)31-23(21)32/h17-20,33H,4-16H2,1-3H3,(H2,28,30,31)/q+1/t18-,19-,20+,26+/m0/s1. The first-order valence-electron chi connectivity index (χ1n) is 14.1. The van der Waals surface area contributed by atoms with E-state index in [2.05, 4.69) is 21.9 Å². The number of imidazole rings is 1. The number of aliphatic hydroxyl groups excluding tert-OH is 1. The van der Waals surface area contributed by atoms with Gasteiger partial charge in [0, 0.05) is 11.0 Å². The van der Waals surface area contributed by atoms with Crippen molar-refractivity contribution >= 4 is 31.2 Å². The Morgan fingerprint density at radius 3 is 2.55 bits per heavy atom. The molecule has 1 fully saturated rings. The van der Waals surface area contributed by atoms with Crippen LogP contribution >= 0.6 is 8.25 Å². The van der Waals surface area contributed by atoms with Crippen molar-refractivity contribution in [3.8, 4) is 0 Å². The fourth-order valence-corrected chi connectivity index (χ4v) is 5.33. The van der Waals surface area contributed by atoms with Crippen LogP contribution in [0.15, 0.2) is 6.33 Å². The zero-order chi connectivity index (χ0) is 29.1. The Morgan fingerprint density at radius 1 is 1.23 bits per heavy atom. The maximum absolute atomic E-state index is 13.7. The van der Waals surface area contributed by atoms with E-state index >= 15 is 0 Å². The highest BCUT2D eigenvalue weighted by atomic mass is 31.1. The normalized spacial score (nSPS) is 22.1. The molecular weight excluding hydrogens is 544 g/mol. The van der Waals surface area contributed by atoms with Gasteiger partial charge in [-0.1, -0.05) is 64.7 Å². The fraction of sp³-hybridized carbons (Fsp3) is 0.769. The number of aromatic nitrogens is 4. The van der Waals surface area contributed by atoms with Crippen molar-refractivity contribution in [2.45, 2.75) is 115 Å². The van der Waals surface area contributed by atoms with Crippen molar-refractivity contribution in [1.29, 1.82) is 0 Å². The van der Waals surface area contributed by atoms with Crippen molar-refractivity contribution in [3.63, 3.8) is 0 Å². The minimum absolute atomic E-state index is 0.107. The van der Waals surface area contributed by atoms with Crippen molar-refractivity contribution < 1.29 is 37.4 Å². The number of aliphatic hydroxyl groups is 1. The summed E-state index contributed by atoms with van der Waals surface area (Å²) < 4.78 is 49.1. The SMILES string of the molecule is CCCCCCCCCCCCOC(=O)[C@H](C)O[P+](=O)OC[C@@]1(C)O[C@@H](n2cnc3c(N)nc(F)nc32)C[C@@H]1O. The van der Waals surface area contributed by atoms with Crippen LogP contribution in [0.3, 0.4) is 0 Å². The average Bonchev–Trinajstić information content (AvgIpc) is 3.46. The number of hydrogen-bond donors (Lipinski definition) is 2. The minimum atomic E-state index is -2.70. The molecule has 5 atom stereocenters. The second-order valence-electron chi connectivity index (χ2n) is 10.4. The van der Waals surface area contributed by atoms with Gasteiger partial charge in [-0.25, -0.2) is 9.78 Å². The van der Waals surface area contributed by atoms with E-state index in [1.807, 2.05) is 0 Å². The van der Waals surface area contributed by atoms with Gasteiger partial charge >= 0.3 is 20.3 Å². The lowest BCUT2D eigenvalue weighted by Gasteiger charge is -2.24.